The molecule has 0 spiro atoms. The summed E-state index contributed by atoms with van der Waals surface area (Å²) in [7, 11) is 1.55. The van der Waals surface area contributed by atoms with Crippen molar-refractivity contribution in [3.63, 3.8) is 0 Å². The molecule has 2 N–H and O–H groups in total. The highest BCUT2D eigenvalue weighted by Gasteiger charge is 2.12. The minimum atomic E-state index is -1.11. The fourth-order valence-electron chi connectivity index (χ4n) is 0.908. The highest BCUT2D eigenvalue weighted by Crippen LogP contribution is 2.06. The van der Waals surface area contributed by atoms with Gasteiger partial charge in [0.05, 0.1) is 34.5 Å². The number of halogens is 1. The molecule has 0 aliphatic carbocycles. The maximum atomic E-state index is 10.6. The number of aromatic nitrogens is 2. The van der Waals surface area contributed by atoms with Gasteiger partial charge in [-0.15, -0.1) is 0 Å². The van der Waals surface area contributed by atoms with Crippen molar-refractivity contribution in [1.82, 2.24) is 9.55 Å². The van der Waals surface area contributed by atoms with Crippen molar-refractivity contribution in [1.29, 1.82) is 0 Å². The normalized spacial score (nSPS) is 12.6. The van der Waals surface area contributed by atoms with Gasteiger partial charge < -0.3 is 9.94 Å². The number of hydrogen-bond donors (Lipinski definition) is 2. The first-order chi connectivity index (χ1) is 6.52. The Hall–Kier alpha value is -0.710. The van der Waals surface area contributed by atoms with Gasteiger partial charge in [0.1, 0.15) is 6.61 Å². The predicted octanol–water partition coefficient (Wildman–Crippen LogP) is -0.105. The standard InChI is InChI=1S/C6H8IN3O4/c1-9-4(3-14-5(7)11)2-8-6(9)10(12)13/h2,10,12H,3H2,1H3. The molecular formula is C6H8IN3O4. The maximum absolute atomic E-state index is 10.6. The average Bonchev–Trinajstić information content (AvgIpc) is 2.43. The van der Waals surface area contributed by atoms with Crippen molar-refractivity contribution < 1.29 is 20.0 Å². The zero-order valence-electron chi connectivity index (χ0n) is 7.23. The highest BCUT2D eigenvalue weighted by atomic mass is 127. The average molecular weight is 313 g/mol. The number of nitrogens with zero attached hydrogens (tertiary/aromatic N) is 2. The summed E-state index contributed by atoms with van der Waals surface area (Å²) in [6, 6.07) is 0. The summed E-state index contributed by atoms with van der Waals surface area (Å²) in [6.07, 6.45) is 1.36. The van der Waals surface area contributed by atoms with Crippen LogP contribution in [0.15, 0.2) is 6.20 Å². The molecule has 1 aromatic heterocycles. The van der Waals surface area contributed by atoms with Gasteiger partial charge in [0.15, 0.2) is 0 Å². The Bertz CT molecular complexity index is 338. The zero-order chi connectivity index (χ0) is 10.7. The molecule has 1 aromatic rings. The Morgan fingerprint density at radius 3 is 3.00 bits per heavy atom. The van der Waals surface area contributed by atoms with Crippen LogP contribution in [0.2, 0.25) is 0 Å². The highest BCUT2D eigenvalue weighted by molar-refractivity contribution is 14.1. The van der Waals surface area contributed by atoms with Crippen molar-refractivity contribution in [2.45, 2.75) is 6.61 Å². The van der Waals surface area contributed by atoms with Crippen LogP contribution in [0.3, 0.4) is 0 Å². The first-order valence-corrected chi connectivity index (χ1v) is 4.66. The van der Waals surface area contributed by atoms with E-state index in [4.69, 9.17) is 9.94 Å². The molecule has 8 heteroatoms. The molecule has 0 aliphatic rings. The molecular weight excluding hydrogens is 305 g/mol. The summed E-state index contributed by atoms with van der Waals surface area (Å²) in [5, 5.41) is 18.1. The van der Waals surface area contributed by atoms with Crippen molar-refractivity contribution in [3.05, 3.63) is 17.1 Å². The van der Waals surface area contributed by atoms with Gasteiger partial charge in [-0.1, -0.05) is 0 Å². The Morgan fingerprint density at radius 2 is 2.57 bits per heavy atom. The van der Waals surface area contributed by atoms with Crippen LogP contribution in [-0.2, 0) is 18.4 Å². The molecule has 0 amide bonds. The van der Waals surface area contributed by atoms with Crippen molar-refractivity contribution in [3.8, 4) is 0 Å². The third-order valence-corrected chi connectivity index (χ3v) is 1.92. The van der Waals surface area contributed by atoms with E-state index < -0.39 is 9.20 Å². The molecule has 0 radical (unpaired) electrons. The second-order valence-electron chi connectivity index (χ2n) is 2.46. The third kappa shape index (κ3) is 2.64. The lowest BCUT2D eigenvalue weighted by Gasteiger charge is -2.10. The number of rotatable bonds is 3. The van der Waals surface area contributed by atoms with Crippen LogP contribution in [0.5, 0.6) is 0 Å². The van der Waals surface area contributed by atoms with E-state index in [0.29, 0.717) is 5.69 Å². The van der Waals surface area contributed by atoms with Crippen molar-refractivity contribution in [2.75, 3.05) is 0 Å². The summed E-state index contributed by atoms with van der Waals surface area (Å²) < 4.78 is 5.61. The fourth-order valence-corrected chi connectivity index (χ4v) is 1.06. The second kappa shape index (κ2) is 4.68. The van der Waals surface area contributed by atoms with Crippen LogP contribution in [-0.4, -0.2) is 18.7 Å². The van der Waals surface area contributed by atoms with Crippen LogP contribution >= 0.6 is 22.6 Å². The van der Waals surface area contributed by atoms with Crippen LogP contribution in [0.1, 0.15) is 5.69 Å². The Kier molecular flexibility index (Phi) is 3.80. The van der Waals surface area contributed by atoms with Gasteiger partial charge in [-0.05, 0) is 0 Å². The molecule has 1 atom stereocenters. The van der Waals surface area contributed by atoms with Crippen LogP contribution in [0.4, 0.5) is 10.7 Å². The monoisotopic (exact) mass is 313 g/mol. The molecule has 0 aliphatic heterocycles. The fraction of sp³-hybridized carbons (Fsp3) is 0.333. The van der Waals surface area contributed by atoms with E-state index in [-0.39, 0.29) is 12.6 Å². The summed E-state index contributed by atoms with van der Waals surface area (Å²) in [6.45, 7) is 0.0263. The van der Waals surface area contributed by atoms with Gasteiger partial charge in [0, 0.05) is 7.05 Å². The molecule has 0 saturated heterocycles. The van der Waals surface area contributed by atoms with Gasteiger partial charge in [0.25, 0.3) is 0 Å². The molecule has 0 saturated carbocycles. The van der Waals surface area contributed by atoms with E-state index in [1.165, 1.54) is 33.4 Å². The molecule has 1 unspecified atom stereocenters. The lowest BCUT2D eigenvalue weighted by molar-refractivity contribution is -0.995. The zero-order valence-corrected chi connectivity index (χ0v) is 9.39. The van der Waals surface area contributed by atoms with Crippen LogP contribution in [0.25, 0.3) is 0 Å². The Balaban J connectivity index is 2.74. The number of imidazole rings is 1. The van der Waals surface area contributed by atoms with E-state index in [1.807, 2.05) is 0 Å². The van der Waals surface area contributed by atoms with Gasteiger partial charge in [-0.25, -0.2) is 10.0 Å². The summed E-state index contributed by atoms with van der Waals surface area (Å²) in [5.41, 5.74) is 0.535. The van der Waals surface area contributed by atoms with Gasteiger partial charge in [0.2, 0.25) is 0 Å². The molecule has 7 nitrogen and oxygen atoms in total. The number of quaternary nitrogens is 1. The number of hydrogen-bond acceptors (Lipinski definition) is 5. The SMILES string of the molecule is Cn1c(COC(=O)I)cnc1[NH+]([O-])O. The molecule has 78 valence electrons. The molecule has 0 bridgehead atoms. The van der Waals surface area contributed by atoms with E-state index in [1.54, 1.807) is 7.05 Å². The second-order valence-corrected chi connectivity index (χ2v) is 3.34. The van der Waals surface area contributed by atoms with Gasteiger partial charge in [-0.3, -0.25) is 4.57 Å². The summed E-state index contributed by atoms with van der Waals surface area (Å²) >= 11 is 1.49. The number of carbonyl (C=O) groups is 1. The van der Waals surface area contributed by atoms with E-state index in [0.717, 1.165) is 0 Å². The smallest absolute Gasteiger partial charge is 0.367 e. The molecule has 0 fully saturated rings. The van der Waals surface area contributed by atoms with Gasteiger partial charge >= 0.3 is 9.92 Å². The lowest BCUT2D eigenvalue weighted by atomic mass is 10.5. The van der Waals surface area contributed by atoms with Crippen LogP contribution < -0.4 is 5.23 Å². The summed E-state index contributed by atoms with van der Waals surface area (Å²) in [5.74, 6) is -0.0792. The molecule has 1 rings (SSSR count). The molecule has 0 aromatic carbocycles. The number of carbonyl (C=O) groups excluding carboxylic acids is 1. The minimum Gasteiger partial charge on any atom is -0.592 e. The first kappa shape index (κ1) is 11.4. The summed E-state index contributed by atoms with van der Waals surface area (Å²) in [4.78, 5) is 14.2. The van der Waals surface area contributed by atoms with Crippen molar-refractivity contribution >= 4 is 32.5 Å². The topological polar surface area (TPSA) is 91.9 Å². The predicted molar refractivity (Wildman–Crippen MR) is 53.2 cm³/mol. The van der Waals surface area contributed by atoms with Gasteiger partial charge in [-0.2, -0.15) is 10.2 Å². The Morgan fingerprint density at radius 1 is 1.93 bits per heavy atom. The van der Waals surface area contributed by atoms with E-state index in [2.05, 4.69) is 4.98 Å². The maximum Gasteiger partial charge on any atom is 0.367 e. The van der Waals surface area contributed by atoms with E-state index in [9.17, 15) is 10.0 Å². The first-order valence-electron chi connectivity index (χ1n) is 3.58. The Labute approximate surface area is 93.0 Å². The van der Waals surface area contributed by atoms with Crippen molar-refractivity contribution in [2.24, 2.45) is 7.05 Å². The number of nitrogens with one attached hydrogen (secondary N) is 1. The quantitative estimate of drug-likeness (QED) is 0.462. The minimum absolute atomic E-state index is 0.0263. The van der Waals surface area contributed by atoms with E-state index >= 15 is 0 Å². The largest absolute Gasteiger partial charge is 0.592 e. The third-order valence-electron chi connectivity index (χ3n) is 1.61. The van der Waals surface area contributed by atoms with Crippen LogP contribution in [0, 0.1) is 5.21 Å². The molecule has 14 heavy (non-hydrogen) atoms. The molecule has 1 heterocycles. The number of ether oxygens (including phenoxy) is 1. The lowest BCUT2D eigenvalue weighted by Crippen LogP contribution is -3.00.